The molecule has 2 bridgehead atoms. The lowest BCUT2D eigenvalue weighted by Gasteiger charge is -2.52. The Hall–Kier alpha value is -0.790. The first kappa shape index (κ1) is 15.1. The largest absolute Gasteiger partial charge is 0.455 e. The number of rotatable bonds is 3. The van der Waals surface area contributed by atoms with Gasteiger partial charge in [0.2, 0.25) is 0 Å². The molecule has 0 radical (unpaired) electrons. The lowest BCUT2D eigenvalue weighted by Crippen LogP contribution is -2.56. The van der Waals surface area contributed by atoms with E-state index in [9.17, 15) is 4.79 Å². The third-order valence-corrected chi connectivity index (χ3v) is 6.75. The molecule has 0 saturated heterocycles. The van der Waals surface area contributed by atoms with E-state index in [0.717, 1.165) is 11.8 Å². The van der Waals surface area contributed by atoms with Gasteiger partial charge in [0.05, 0.1) is 0 Å². The SMILES string of the molecule is C=C(C)C(=O)OC1(C2CC3CCC2C3)C(C)CCCC1C. The summed E-state index contributed by atoms with van der Waals surface area (Å²) in [5, 5.41) is 0. The van der Waals surface area contributed by atoms with Crippen molar-refractivity contribution in [1.82, 2.24) is 0 Å². The Labute approximate surface area is 129 Å². The van der Waals surface area contributed by atoms with E-state index in [-0.39, 0.29) is 11.6 Å². The van der Waals surface area contributed by atoms with Crippen LogP contribution in [0.4, 0.5) is 0 Å². The lowest BCUT2D eigenvalue weighted by molar-refractivity contribution is -0.193. The Kier molecular flexibility index (Phi) is 3.92. The van der Waals surface area contributed by atoms with Crippen molar-refractivity contribution in [3.05, 3.63) is 12.2 Å². The molecule has 0 spiro atoms. The van der Waals surface area contributed by atoms with E-state index >= 15 is 0 Å². The maximum Gasteiger partial charge on any atom is 0.333 e. The Morgan fingerprint density at radius 3 is 2.24 bits per heavy atom. The fraction of sp³-hybridized carbons (Fsp3) is 0.842. The molecule has 0 amide bonds. The Morgan fingerprint density at radius 1 is 1.10 bits per heavy atom. The third-order valence-electron chi connectivity index (χ3n) is 6.75. The Morgan fingerprint density at radius 2 is 1.76 bits per heavy atom. The molecule has 0 N–H and O–H groups in total. The number of esters is 1. The molecule has 3 fully saturated rings. The predicted molar refractivity (Wildman–Crippen MR) is 84.8 cm³/mol. The van der Waals surface area contributed by atoms with Gasteiger partial charge < -0.3 is 4.74 Å². The van der Waals surface area contributed by atoms with Crippen molar-refractivity contribution < 1.29 is 9.53 Å². The van der Waals surface area contributed by atoms with Gasteiger partial charge in [-0.05, 0) is 62.7 Å². The van der Waals surface area contributed by atoms with E-state index in [4.69, 9.17) is 4.74 Å². The van der Waals surface area contributed by atoms with Gasteiger partial charge in [-0.1, -0.05) is 33.3 Å². The van der Waals surface area contributed by atoms with Crippen molar-refractivity contribution in [3.8, 4) is 0 Å². The van der Waals surface area contributed by atoms with E-state index in [2.05, 4.69) is 20.4 Å². The highest BCUT2D eigenvalue weighted by atomic mass is 16.6. The minimum absolute atomic E-state index is 0.168. The smallest absolute Gasteiger partial charge is 0.333 e. The van der Waals surface area contributed by atoms with Gasteiger partial charge in [-0.2, -0.15) is 0 Å². The first-order chi connectivity index (χ1) is 9.95. The molecule has 2 heteroatoms. The van der Waals surface area contributed by atoms with Crippen molar-refractivity contribution >= 4 is 5.97 Å². The summed E-state index contributed by atoms with van der Waals surface area (Å²) in [6.45, 7) is 10.2. The molecule has 0 aromatic rings. The van der Waals surface area contributed by atoms with Crippen LogP contribution in [-0.2, 0) is 9.53 Å². The molecule has 118 valence electrons. The van der Waals surface area contributed by atoms with Gasteiger partial charge in [-0.3, -0.25) is 0 Å². The third kappa shape index (κ3) is 2.35. The molecule has 5 unspecified atom stereocenters. The number of ether oxygens (including phenoxy) is 1. The molecular weight excluding hydrogens is 260 g/mol. The van der Waals surface area contributed by atoms with Gasteiger partial charge in [0, 0.05) is 11.5 Å². The summed E-state index contributed by atoms with van der Waals surface area (Å²) in [4.78, 5) is 12.3. The van der Waals surface area contributed by atoms with Crippen LogP contribution in [0.25, 0.3) is 0 Å². The zero-order valence-electron chi connectivity index (χ0n) is 13.9. The summed E-state index contributed by atoms with van der Waals surface area (Å²) in [5.74, 6) is 3.06. The molecule has 5 atom stereocenters. The molecule has 3 saturated carbocycles. The van der Waals surface area contributed by atoms with Crippen LogP contribution in [0.1, 0.15) is 65.7 Å². The molecule has 3 aliphatic carbocycles. The van der Waals surface area contributed by atoms with E-state index in [0.29, 0.717) is 23.3 Å². The van der Waals surface area contributed by atoms with Gasteiger partial charge in [-0.25, -0.2) is 4.79 Å². The second kappa shape index (κ2) is 5.44. The lowest BCUT2D eigenvalue weighted by atomic mass is 9.60. The van der Waals surface area contributed by atoms with Crippen molar-refractivity contribution in [2.24, 2.45) is 29.6 Å². The number of fused-ring (bicyclic) bond motifs is 2. The average Bonchev–Trinajstić information content (AvgIpc) is 3.05. The second-order valence-corrected chi connectivity index (χ2v) is 8.04. The van der Waals surface area contributed by atoms with E-state index in [1.807, 2.05) is 0 Å². The first-order valence-electron chi connectivity index (χ1n) is 8.84. The molecular formula is C19H30O2. The normalized spacial score (nSPS) is 45.6. The number of carbonyl (C=O) groups is 1. The topological polar surface area (TPSA) is 26.3 Å². The number of carbonyl (C=O) groups excluding carboxylic acids is 1. The quantitative estimate of drug-likeness (QED) is 0.554. The van der Waals surface area contributed by atoms with E-state index < -0.39 is 0 Å². The monoisotopic (exact) mass is 290 g/mol. The molecule has 0 aliphatic heterocycles. The molecule has 3 aliphatic rings. The highest BCUT2D eigenvalue weighted by Crippen LogP contribution is 2.59. The fourth-order valence-corrected chi connectivity index (χ4v) is 5.72. The molecule has 3 rings (SSSR count). The summed E-state index contributed by atoms with van der Waals surface area (Å²) in [5.41, 5.74) is 0.316. The maximum absolute atomic E-state index is 12.3. The van der Waals surface area contributed by atoms with Crippen LogP contribution < -0.4 is 0 Å². The summed E-state index contributed by atoms with van der Waals surface area (Å²) in [6, 6.07) is 0. The molecule has 21 heavy (non-hydrogen) atoms. The minimum atomic E-state index is -0.228. The Balaban J connectivity index is 1.93. The summed E-state index contributed by atoms with van der Waals surface area (Å²) >= 11 is 0. The highest BCUT2D eigenvalue weighted by Gasteiger charge is 2.58. The predicted octanol–water partition coefficient (Wildman–Crippen LogP) is 4.74. The van der Waals surface area contributed by atoms with Gasteiger partial charge in [0.1, 0.15) is 5.60 Å². The van der Waals surface area contributed by atoms with Gasteiger partial charge in [0.15, 0.2) is 0 Å². The summed E-state index contributed by atoms with van der Waals surface area (Å²) in [7, 11) is 0. The fourth-order valence-electron chi connectivity index (χ4n) is 5.72. The van der Waals surface area contributed by atoms with Crippen molar-refractivity contribution in [2.75, 3.05) is 0 Å². The average molecular weight is 290 g/mol. The summed E-state index contributed by atoms with van der Waals surface area (Å²) < 4.78 is 6.26. The second-order valence-electron chi connectivity index (χ2n) is 8.04. The van der Waals surface area contributed by atoms with Crippen LogP contribution in [0, 0.1) is 29.6 Å². The number of hydrogen-bond acceptors (Lipinski definition) is 2. The number of hydrogen-bond donors (Lipinski definition) is 0. The maximum atomic E-state index is 12.3. The van der Waals surface area contributed by atoms with Crippen LogP contribution in [0.15, 0.2) is 12.2 Å². The van der Waals surface area contributed by atoms with Gasteiger partial charge >= 0.3 is 5.97 Å². The molecule has 0 aromatic heterocycles. The summed E-state index contributed by atoms with van der Waals surface area (Å²) in [6.07, 6.45) is 9.06. The van der Waals surface area contributed by atoms with Gasteiger partial charge in [-0.15, -0.1) is 0 Å². The highest BCUT2D eigenvalue weighted by molar-refractivity contribution is 5.87. The van der Waals surface area contributed by atoms with Crippen LogP contribution in [-0.4, -0.2) is 11.6 Å². The zero-order chi connectivity index (χ0) is 15.2. The molecule has 0 heterocycles. The van der Waals surface area contributed by atoms with E-state index in [1.54, 1.807) is 6.92 Å². The van der Waals surface area contributed by atoms with Crippen LogP contribution >= 0.6 is 0 Å². The Bertz CT molecular complexity index is 429. The zero-order valence-corrected chi connectivity index (χ0v) is 13.9. The van der Waals surface area contributed by atoms with Crippen molar-refractivity contribution in [2.45, 2.75) is 71.3 Å². The van der Waals surface area contributed by atoms with Crippen LogP contribution in [0.5, 0.6) is 0 Å². The van der Waals surface area contributed by atoms with Gasteiger partial charge in [0.25, 0.3) is 0 Å². The minimum Gasteiger partial charge on any atom is -0.455 e. The molecule has 0 aromatic carbocycles. The standard InChI is InChI=1S/C19H30O2/c1-12(2)18(20)21-19(13(3)6-5-7-14(19)4)17-11-15-8-9-16(17)10-15/h13-17H,1,5-11H2,2-4H3. The first-order valence-corrected chi connectivity index (χ1v) is 8.84. The van der Waals surface area contributed by atoms with Crippen molar-refractivity contribution in [3.63, 3.8) is 0 Å². The molecule has 2 nitrogen and oxygen atoms in total. The van der Waals surface area contributed by atoms with Crippen LogP contribution in [0.3, 0.4) is 0 Å². The van der Waals surface area contributed by atoms with E-state index in [1.165, 1.54) is 44.9 Å². The van der Waals surface area contributed by atoms with Crippen LogP contribution in [0.2, 0.25) is 0 Å². The van der Waals surface area contributed by atoms with Crippen molar-refractivity contribution in [1.29, 1.82) is 0 Å².